The van der Waals surface area contributed by atoms with Gasteiger partial charge in [-0.3, -0.25) is 37.3 Å². The van der Waals surface area contributed by atoms with E-state index in [1.807, 2.05) is 0 Å². The Kier molecular flexibility index (Phi) is 70.6. The zero-order valence-corrected chi connectivity index (χ0v) is 65.7. The van der Waals surface area contributed by atoms with Crippen LogP contribution in [-0.2, 0) is 65.4 Å². The smallest absolute Gasteiger partial charge is 0.462 e. The standard InChI is InChI=1S/C79H154O17P2/c1-6-9-12-15-18-20-22-24-26-28-29-30-32-36-41-45-50-55-60-65-79(84)96-75(69-90-77(82)63-58-53-48-43-39-37-33-34-38-42-47-51-56-61-72(4)5)71-94-98(87,88)92-67-73(80)66-91-97(85,86)93-70-74(68-89-76(81)62-57-52-46-17-14-11-8-3)95-78(83)64-59-54-49-44-40-35-31-27-25-23-21-19-16-13-10-7-2/h72-75,80H,6-71H2,1-5H3,(H,85,86)(H,87,88)/t73-,74+,75+/m0/s1. The van der Waals surface area contributed by atoms with E-state index in [4.69, 9.17) is 37.0 Å². The maximum absolute atomic E-state index is 13.1. The summed E-state index contributed by atoms with van der Waals surface area (Å²) in [6.45, 7) is 7.30. The topological polar surface area (TPSA) is 237 Å². The second-order valence-electron chi connectivity index (χ2n) is 28.9. The quantitative estimate of drug-likeness (QED) is 0.0222. The van der Waals surface area contributed by atoms with Crippen molar-refractivity contribution in [2.45, 2.75) is 438 Å². The van der Waals surface area contributed by atoms with Crippen molar-refractivity contribution >= 4 is 39.5 Å². The third-order valence-corrected chi connectivity index (χ3v) is 20.4. The fraction of sp³-hybridized carbons (Fsp3) is 0.949. The van der Waals surface area contributed by atoms with Crippen LogP contribution in [0, 0.1) is 5.92 Å². The summed E-state index contributed by atoms with van der Waals surface area (Å²) in [7, 11) is -9.91. The number of hydrogen-bond donors (Lipinski definition) is 3. The van der Waals surface area contributed by atoms with Crippen molar-refractivity contribution in [2.75, 3.05) is 39.6 Å². The lowest BCUT2D eigenvalue weighted by Gasteiger charge is -2.21. The largest absolute Gasteiger partial charge is 0.472 e. The number of rotatable bonds is 79. The Morgan fingerprint density at radius 2 is 0.469 bits per heavy atom. The molecule has 5 atom stereocenters. The number of phosphoric ester groups is 2. The first-order chi connectivity index (χ1) is 47.5. The van der Waals surface area contributed by atoms with Gasteiger partial charge in [0.25, 0.3) is 0 Å². The Morgan fingerprint density at radius 1 is 0.276 bits per heavy atom. The molecule has 0 saturated heterocycles. The number of aliphatic hydroxyl groups excluding tert-OH is 1. The van der Waals surface area contributed by atoms with Crippen LogP contribution in [-0.4, -0.2) is 96.7 Å². The van der Waals surface area contributed by atoms with Crippen molar-refractivity contribution in [3.63, 3.8) is 0 Å². The number of carbonyl (C=O) groups is 4. The number of phosphoric acid groups is 2. The van der Waals surface area contributed by atoms with Gasteiger partial charge in [0.2, 0.25) is 0 Å². The highest BCUT2D eigenvalue weighted by Crippen LogP contribution is 2.45. The maximum atomic E-state index is 13.1. The van der Waals surface area contributed by atoms with E-state index in [2.05, 4.69) is 34.6 Å². The van der Waals surface area contributed by atoms with Crippen LogP contribution in [0.2, 0.25) is 0 Å². The third-order valence-electron chi connectivity index (χ3n) is 18.5. The maximum Gasteiger partial charge on any atom is 0.472 e. The molecule has 582 valence electrons. The average Bonchev–Trinajstić information content (AvgIpc) is 0.981. The van der Waals surface area contributed by atoms with E-state index >= 15 is 0 Å². The van der Waals surface area contributed by atoms with Crippen LogP contribution in [0.5, 0.6) is 0 Å². The van der Waals surface area contributed by atoms with Gasteiger partial charge in [-0.25, -0.2) is 9.13 Å². The molecule has 0 bridgehead atoms. The van der Waals surface area contributed by atoms with E-state index in [0.29, 0.717) is 25.7 Å². The molecule has 0 aromatic rings. The van der Waals surface area contributed by atoms with Crippen LogP contribution in [0.3, 0.4) is 0 Å². The predicted octanol–water partition coefficient (Wildman–Crippen LogP) is 23.6. The first kappa shape index (κ1) is 96.1. The van der Waals surface area contributed by atoms with Gasteiger partial charge in [0.1, 0.15) is 19.3 Å². The summed E-state index contributed by atoms with van der Waals surface area (Å²) >= 11 is 0. The van der Waals surface area contributed by atoms with Gasteiger partial charge in [-0.1, -0.05) is 369 Å². The van der Waals surface area contributed by atoms with Gasteiger partial charge in [0.15, 0.2) is 12.2 Å². The van der Waals surface area contributed by atoms with E-state index < -0.39 is 97.5 Å². The fourth-order valence-corrected chi connectivity index (χ4v) is 13.8. The molecule has 2 unspecified atom stereocenters. The summed E-state index contributed by atoms with van der Waals surface area (Å²) in [5, 5.41) is 10.6. The molecule has 0 aliphatic rings. The Hall–Kier alpha value is -1.94. The zero-order chi connectivity index (χ0) is 71.9. The summed E-state index contributed by atoms with van der Waals surface area (Å²) in [6, 6.07) is 0. The molecule has 17 nitrogen and oxygen atoms in total. The minimum atomic E-state index is -4.96. The highest BCUT2D eigenvalue weighted by Gasteiger charge is 2.30. The van der Waals surface area contributed by atoms with Crippen molar-refractivity contribution in [3.05, 3.63) is 0 Å². The second kappa shape index (κ2) is 72.0. The van der Waals surface area contributed by atoms with Gasteiger partial charge in [-0.05, 0) is 31.6 Å². The SMILES string of the molecule is CCCCCCCCCCCCCCCCCCCCCC(=O)O[C@H](COC(=O)CCCCCCCCCCCCCCCC(C)C)COP(=O)(O)OC[C@@H](O)COP(=O)(O)OC[C@@H](COC(=O)CCCCCCCCC)OC(=O)CCCCCCCCCCCCCCCCCC. The molecule has 0 aromatic heterocycles. The van der Waals surface area contributed by atoms with Crippen molar-refractivity contribution in [2.24, 2.45) is 5.92 Å². The number of aliphatic hydroxyl groups is 1. The fourth-order valence-electron chi connectivity index (χ4n) is 12.2. The molecule has 0 rings (SSSR count). The Labute approximate surface area is 600 Å². The van der Waals surface area contributed by atoms with Crippen molar-refractivity contribution in [1.29, 1.82) is 0 Å². The summed E-state index contributed by atoms with van der Waals surface area (Å²) < 4.78 is 68.6. The zero-order valence-electron chi connectivity index (χ0n) is 63.9. The van der Waals surface area contributed by atoms with Crippen LogP contribution in [0.25, 0.3) is 0 Å². The third kappa shape index (κ3) is 72.4. The molecule has 0 radical (unpaired) electrons. The molecule has 19 heteroatoms. The summed E-state index contributed by atoms with van der Waals surface area (Å²) in [5.41, 5.74) is 0. The highest BCUT2D eigenvalue weighted by atomic mass is 31.2. The highest BCUT2D eigenvalue weighted by molar-refractivity contribution is 7.47. The number of ether oxygens (including phenoxy) is 4. The molecular weight excluding hydrogens is 1280 g/mol. The lowest BCUT2D eigenvalue weighted by atomic mass is 10.0. The number of unbranched alkanes of at least 4 members (excludes halogenated alkanes) is 51. The van der Waals surface area contributed by atoms with Gasteiger partial charge in [0, 0.05) is 25.7 Å². The van der Waals surface area contributed by atoms with E-state index in [1.54, 1.807) is 0 Å². The minimum absolute atomic E-state index is 0.108. The second-order valence-corrected chi connectivity index (χ2v) is 31.8. The first-order valence-corrected chi connectivity index (χ1v) is 44.1. The Bertz CT molecular complexity index is 1870. The molecule has 0 heterocycles. The summed E-state index contributed by atoms with van der Waals surface area (Å²) in [6.07, 6.45) is 62.6. The van der Waals surface area contributed by atoms with Crippen molar-refractivity contribution in [3.8, 4) is 0 Å². The number of esters is 4. The average molecular weight is 1440 g/mol. The minimum Gasteiger partial charge on any atom is -0.462 e. The van der Waals surface area contributed by atoms with E-state index in [-0.39, 0.29) is 25.7 Å². The normalized spacial score (nSPS) is 13.9. The molecular formula is C79H154O17P2. The molecule has 98 heavy (non-hydrogen) atoms. The van der Waals surface area contributed by atoms with Gasteiger partial charge < -0.3 is 33.8 Å². The summed E-state index contributed by atoms with van der Waals surface area (Å²) in [5.74, 6) is -1.32. The molecule has 0 aromatic carbocycles. The first-order valence-electron chi connectivity index (χ1n) is 41.1. The molecule has 0 saturated carbocycles. The molecule has 0 aliphatic carbocycles. The van der Waals surface area contributed by atoms with Gasteiger partial charge in [-0.2, -0.15) is 0 Å². The van der Waals surface area contributed by atoms with Crippen LogP contribution >= 0.6 is 15.6 Å². The molecule has 3 N–H and O–H groups in total. The van der Waals surface area contributed by atoms with Gasteiger partial charge in [-0.15, -0.1) is 0 Å². The van der Waals surface area contributed by atoms with E-state index in [9.17, 15) is 43.2 Å². The van der Waals surface area contributed by atoms with Crippen LogP contribution in [0.4, 0.5) is 0 Å². The summed E-state index contributed by atoms with van der Waals surface area (Å²) in [4.78, 5) is 72.8. The molecule has 0 aliphatic heterocycles. The predicted molar refractivity (Wildman–Crippen MR) is 400 cm³/mol. The van der Waals surface area contributed by atoms with E-state index in [0.717, 1.165) is 109 Å². The van der Waals surface area contributed by atoms with Gasteiger partial charge >= 0.3 is 39.5 Å². The molecule has 0 fully saturated rings. The molecule has 0 amide bonds. The van der Waals surface area contributed by atoms with Crippen LogP contribution in [0.15, 0.2) is 0 Å². The Morgan fingerprint density at radius 3 is 0.694 bits per heavy atom. The van der Waals surface area contributed by atoms with Crippen molar-refractivity contribution < 1.29 is 80.2 Å². The van der Waals surface area contributed by atoms with Crippen molar-refractivity contribution in [1.82, 2.24) is 0 Å². The number of carbonyl (C=O) groups excluding carboxylic acids is 4. The monoisotopic (exact) mass is 1440 g/mol. The lowest BCUT2D eigenvalue weighted by molar-refractivity contribution is -0.161. The van der Waals surface area contributed by atoms with Crippen LogP contribution in [0.1, 0.15) is 420 Å². The van der Waals surface area contributed by atoms with E-state index in [1.165, 1.54) is 231 Å². The Balaban J connectivity index is 5.18. The van der Waals surface area contributed by atoms with Crippen LogP contribution < -0.4 is 0 Å². The van der Waals surface area contributed by atoms with Gasteiger partial charge in [0.05, 0.1) is 26.4 Å². The lowest BCUT2D eigenvalue weighted by Crippen LogP contribution is -2.30. The molecule has 0 spiro atoms. The number of hydrogen-bond acceptors (Lipinski definition) is 15.